The maximum absolute atomic E-state index is 13.3. The van der Waals surface area contributed by atoms with E-state index in [-0.39, 0.29) is 17.9 Å². The van der Waals surface area contributed by atoms with E-state index in [1.165, 1.54) is 25.7 Å². The summed E-state index contributed by atoms with van der Waals surface area (Å²) in [5.41, 5.74) is 0.355. The highest BCUT2D eigenvalue weighted by Crippen LogP contribution is 2.68. The van der Waals surface area contributed by atoms with Crippen LogP contribution in [0, 0.1) is 51.8 Å². The molecular weight excluding hydrogens is 386 g/mol. The fraction of sp³-hybridized carbons (Fsp3) is 0.808. The van der Waals surface area contributed by atoms with E-state index in [1.807, 2.05) is 13.0 Å². The third-order valence-electron chi connectivity index (χ3n) is 10.4. The van der Waals surface area contributed by atoms with Crippen molar-refractivity contribution in [3.63, 3.8) is 0 Å². The van der Waals surface area contributed by atoms with Crippen LogP contribution < -0.4 is 0 Å². The Hall–Kier alpha value is -1.67. The molecule has 0 spiro atoms. The van der Waals surface area contributed by atoms with Crippen LogP contribution in [-0.2, 0) is 11.3 Å². The van der Waals surface area contributed by atoms with Crippen LogP contribution in [-0.4, -0.2) is 26.3 Å². The van der Waals surface area contributed by atoms with Crippen LogP contribution >= 0.6 is 0 Å². The number of carbonyl (C=O) groups is 1. The summed E-state index contributed by atoms with van der Waals surface area (Å²) in [5, 5.41) is 23.9. The van der Waals surface area contributed by atoms with Crippen molar-refractivity contribution in [3.8, 4) is 6.07 Å². The summed E-state index contributed by atoms with van der Waals surface area (Å²) in [6.07, 6.45) is 11.9. The van der Waals surface area contributed by atoms with Crippen LogP contribution in [0.15, 0.2) is 12.3 Å². The molecule has 4 saturated carbocycles. The number of aromatic nitrogens is 2. The average Bonchev–Trinajstić information content (AvgIpc) is 3.31. The predicted octanol–water partition coefficient (Wildman–Crippen LogP) is 4.73. The Morgan fingerprint density at radius 1 is 1.13 bits per heavy atom. The summed E-state index contributed by atoms with van der Waals surface area (Å²) in [4.78, 5) is 13.3. The van der Waals surface area contributed by atoms with E-state index in [0.29, 0.717) is 28.7 Å². The first-order valence-electron chi connectivity index (χ1n) is 12.3. The van der Waals surface area contributed by atoms with Crippen molar-refractivity contribution < 1.29 is 9.90 Å². The normalized spacial score (nSPS) is 46.5. The zero-order valence-electron chi connectivity index (χ0n) is 19.3. The molecule has 1 aromatic rings. The van der Waals surface area contributed by atoms with Gasteiger partial charge in [-0.05, 0) is 105 Å². The van der Waals surface area contributed by atoms with Gasteiger partial charge in [0, 0.05) is 12.1 Å². The quantitative estimate of drug-likeness (QED) is 0.762. The van der Waals surface area contributed by atoms with Crippen LogP contribution in [0.25, 0.3) is 0 Å². The van der Waals surface area contributed by atoms with Crippen LogP contribution in [0.3, 0.4) is 0 Å². The summed E-state index contributed by atoms with van der Waals surface area (Å²) in [6.45, 7) is 7.24. The van der Waals surface area contributed by atoms with E-state index in [0.717, 1.165) is 43.9 Å². The second kappa shape index (κ2) is 7.17. The number of ketones is 1. The highest BCUT2D eigenvalue weighted by Gasteiger charge is 2.61. The minimum absolute atomic E-state index is 0.104. The molecule has 0 saturated heterocycles. The smallest absolute Gasteiger partial charge is 0.162 e. The molecule has 5 nitrogen and oxygen atoms in total. The minimum Gasteiger partial charge on any atom is -0.390 e. The maximum atomic E-state index is 13.3. The molecule has 0 radical (unpaired) electrons. The Bertz CT molecular complexity index is 914. The van der Waals surface area contributed by atoms with Gasteiger partial charge in [-0.15, -0.1) is 0 Å². The van der Waals surface area contributed by atoms with Gasteiger partial charge in [0.1, 0.15) is 6.07 Å². The van der Waals surface area contributed by atoms with E-state index in [4.69, 9.17) is 5.26 Å². The van der Waals surface area contributed by atoms with Gasteiger partial charge in [0.25, 0.3) is 0 Å². The lowest BCUT2D eigenvalue weighted by molar-refractivity contribution is -0.151. The van der Waals surface area contributed by atoms with Crippen molar-refractivity contribution in [3.05, 3.63) is 18.0 Å². The minimum atomic E-state index is -0.483. The summed E-state index contributed by atoms with van der Waals surface area (Å²) in [6, 6.07) is 3.73. The summed E-state index contributed by atoms with van der Waals surface area (Å²) in [7, 11) is 0. The highest BCUT2D eigenvalue weighted by atomic mass is 16.3. The first-order chi connectivity index (χ1) is 14.7. The molecule has 0 unspecified atom stereocenters. The van der Waals surface area contributed by atoms with Gasteiger partial charge >= 0.3 is 0 Å². The number of hydrogen-bond donors (Lipinski definition) is 1. The average molecular weight is 424 g/mol. The number of hydrogen-bond acceptors (Lipinski definition) is 4. The van der Waals surface area contributed by atoms with Crippen molar-refractivity contribution in [2.75, 3.05) is 0 Å². The Labute approximate surface area is 186 Å². The molecule has 4 aliphatic carbocycles. The van der Waals surface area contributed by atoms with Crippen molar-refractivity contribution in [1.82, 2.24) is 9.78 Å². The lowest BCUT2D eigenvalue weighted by atomic mass is 9.44. The van der Waals surface area contributed by atoms with Crippen LogP contribution in [0.1, 0.15) is 84.3 Å². The standard InChI is InChI=1S/C26H37N3O2/c1-24(31)11-12-25(2)17(14-24)4-5-19-20-6-7-22(26(20,3)10-8-21(19)25)23(30)16-29-13-9-18(15-27)28-29/h9,13,17,19-22,31H,4-8,10-12,14,16H2,1-3H3/t17-,19+,20+,21+,22-,24-,25+,26+/m1/s1. The van der Waals surface area contributed by atoms with E-state index >= 15 is 0 Å². The first kappa shape index (κ1) is 21.2. The third kappa shape index (κ3) is 3.28. The highest BCUT2D eigenvalue weighted by molar-refractivity contribution is 5.82. The van der Waals surface area contributed by atoms with Gasteiger partial charge in [-0.3, -0.25) is 9.48 Å². The van der Waals surface area contributed by atoms with E-state index in [2.05, 4.69) is 18.9 Å². The predicted molar refractivity (Wildman–Crippen MR) is 118 cm³/mol. The van der Waals surface area contributed by atoms with Crippen molar-refractivity contribution in [1.29, 1.82) is 5.26 Å². The molecule has 0 bridgehead atoms. The lowest BCUT2D eigenvalue weighted by Crippen LogP contribution is -2.55. The van der Waals surface area contributed by atoms with Gasteiger partial charge in [-0.25, -0.2) is 0 Å². The second-order valence-corrected chi connectivity index (χ2v) is 12.0. The summed E-state index contributed by atoms with van der Waals surface area (Å²) >= 11 is 0. The number of nitrogens with zero attached hydrogens (tertiary/aromatic N) is 3. The number of Topliss-reactive ketones (excluding diaryl/α,β-unsaturated/α-hetero) is 1. The molecule has 1 aromatic heterocycles. The van der Waals surface area contributed by atoms with Crippen LogP contribution in [0.4, 0.5) is 0 Å². The molecule has 31 heavy (non-hydrogen) atoms. The molecule has 1 heterocycles. The van der Waals surface area contributed by atoms with Crippen molar-refractivity contribution in [2.24, 2.45) is 40.4 Å². The first-order valence-corrected chi connectivity index (χ1v) is 12.3. The second-order valence-electron chi connectivity index (χ2n) is 12.0. The van der Waals surface area contributed by atoms with Crippen molar-refractivity contribution in [2.45, 2.75) is 90.7 Å². The maximum Gasteiger partial charge on any atom is 0.162 e. The topological polar surface area (TPSA) is 78.9 Å². The molecule has 0 aliphatic heterocycles. The Balaban J connectivity index is 1.34. The van der Waals surface area contributed by atoms with E-state index in [9.17, 15) is 9.90 Å². The Morgan fingerprint density at radius 3 is 2.65 bits per heavy atom. The number of carbonyl (C=O) groups excluding carboxylic acids is 1. The molecule has 4 fully saturated rings. The molecule has 0 aromatic carbocycles. The van der Waals surface area contributed by atoms with Crippen LogP contribution in [0.5, 0.6) is 0 Å². The fourth-order valence-corrected chi connectivity index (χ4v) is 8.74. The number of nitriles is 1. The molecular formula is C26H37N3O2. The van der Waals surface area contributed by atoms with Crippen LogP contribution in [0.2, 0.25) is 0 Å². The molecule has 8 atom stereocenters. The number of fused-ring (bicyclic) bond motifs is 5. The zero-order valence-corrected chi connectivity index (χ0v) is 19.3. The zero-order chi connectivity index (χ0) is 22.0. The number of rotatable bonds is 3. The van der Waals surface area contributed by atoms with Gasteiger partial charge in [0.05, 0.1) is 12.1 Å². The van der Waals surface area contributed by atoms with Crippen molar-refractivity contribution >= 4 is 5.78 Å². The molecule has 0 amide bonds. The summed E-state index contributed by atoms with van der Waals surface area (Å²) < 4.78 is 1.64. The van der Waals surface area contributed by atoms with Gasteiger partial charge in [-0.1, -0.05) is 13.8 Å². The lowest BCUT2D eigenvalue weighted by Gasteiger charge is -2.61. The summed E-state index contributed by atoms with van der Waals surface area (Å²) in [5.74, 6) is 3.19. The van der Waals surface area contributed by atoms with Gasteiger partial charge in [0.15, 0.2) is 11.5 Å². The molecule has 168 valence electrons. The van der Waals surface area contributed by atoms with Gasteiger partial charge in [-0.2, -0.15) is 10.4 Å². The monoisotopic (exact) mass is 423 g/mol. The molecule has 5 heteroatoms. The SMILES string of the molecule is C[C@@]1(O)CC[C@@]2(C)[C@H](CC[C@@H]3[C@@H]2CC[C@]2(C)[C@@H](C(=O)Cn4ccc(C#N)n4)CC[C@@H]32)C1. The Kier molecular flexibility index (Phi) is 4.90. The van der Waals surface area contributed by atoms with E-state index < -0.39 is 5.60 Å². The molecule has 1 N–H and O–H groups in total. The Morgan fingerprint density at radius 2 is 1.90 bits per heavy atom. The van der Waals surface area contributed by atoms with Gasteiger partial charge < -0.3 is 5.11 Å². The third-order valence-corrected chi connectivity index (χ3v) is 10.4. The molecule has 4 aliphatic rings. The van der Waals surface area contributed by atoms with E-state index in [1.54, 1.807) is 16.9 Å². The number of aliphatic hydroxyl groups is 1. The van der Waals surface area contributed by atoms with Gasteiger partial charge in [0.2, 0.25) is 0 Å². The molecule has 5 rings (SSSR count). The largest absolute Gasteiger partial charge is 0.390 e. The fourth-order valence-electron chi connectivity index (χ4n) is 8.74.